The lowest BCUT2D eigenvalue weighted by molar-refractivity contribution is 0.0943. The first-order valence-electron chi connectivity index (χ1n) is 9.82. The summed E-state index contributed by atoms with van der Waals surface area (Å²) < 4.78 is 24.4. The molecule has 0 spiro atoms. The molecule has 1 fully saturated rings. The van der Waals surface area contributed by atoms with Gasteiger partial charge in [-0.05, 0) is 68.1 Å². The summed E-state index contributed by atoms with van der Waals surface area (Å²) in [7, 11) is 0. The molecule has 0 aromatic heterocycles. The Morgan fingerprint density at radius 2 is 1.89 bits per heavy atom. The molecule has 0 atom stereocenters. The highest BCUT2D eigenvalue weighted by molar-refractivity contribution is 5.94. The molecule has 1 N–H and O–H groups in total. The number of likely N-dealkylation sites (tertiary alicyclic amines) is 1. The molecule has 1 saturated heterocycles. The SMILES string of the molecule is O=C(NCCN1CCC(Cc2ccccc2F)CC1)c1ccc2c(c1)OCO2. The summed E-state index contributed by atoms with van der Waals surface area (Å²) >= 11 is 0. The molecule has 2 aliphatic rings. The fourth-order valence-corrected chi connectivity index (χ4v) is 3.86. The van der Waals surface area contributed by atoms with E-state index in [4.69, 9.17) is 9.47 Å². The normalized spacial score (nSPS) is 16.9. The number of hydrogen-bond donors (Lipinski definition) is 1. The van der Waals surface area contributed by atoms with Crippen LogP contribution in [0.2, 0.25) is 0 Å². The molecule has 2 aliphatic heterocycles. The van der Waals surface area contributed by atoms with Gasteiger partial charge >= 0.3 is 0 Å². The number of ether oxygens (including phenoxy) is 2. The standard InChI is InChI=1S/C22H25FN2O3/c23-19-4-2-1-3-17(19)13-16-7-10-25(11-8-16)12-9-24-22(26)18-5-6-20-21(14-18)28-15-27-20/h1-6,14,16H,7-13,15H2,(H,24,26). The Hall–Kier alpha value is -2.60. The number of carbonyl (C=O) groups is 1. The van der Waals surface area contributed by atoms with Crippen molar-refractivity contribution in [2.45, 2.75) is 19.3 Å². The Kier molecular flexibility index (Phi) is 5.76. The molecule has 1 amide bonds. The van der Waals surface area contributed by atoms with Crippen molar-refractivity contribution in [1.29, 1.82) is 0 Å². The number of hydrogen-bond acceptors (Lipinski definition) is 4. The molecule has 0 unspecified atom stereocenters. The zero-order valence-corrected chi connectivity index (χ0v) is 15.8. The van der Waals surface area contributed by atoms with Crippen LogP contribution < -0.4 is 14.8 Å². The number of nitrogens with one attached hydrogen (secondary N) is 1. The molecular weight excluding hydrogens is 359 g/mol. The third kappa shape index (κ3) is 4.44. The fraction of sp³-hybridized carbons (Fsp3) is 0.409. The Morgan fingerprint density at radius 3 is 2.71 bits per heavy atom. The van der Waals surface area contributed by atoms with Crippen molar-refractivity contribution in [2.24, 2.45) is 5.92 Å². The van der Waals surface area contributed by atoms with Crippen molar-refractivity contribution in [1.82, 2.24) is 10.2 Å². The zero-order valence-electron chi connectivity index (χ0n) is 15.8. The Morgan fingerprint density at radius 1 is 1.11 bits per heavy atom. The van der Waals surface area contributed by atoms with E-state index in [9.17, 15) is 9.18 Å². The van der Waals surface area contributed by atoms with Gasteiger partial charge in [-0.1, -0.05) is 18.2 Å². The van der Waals surface area contributed by atoms with E-state index in [-0.39, 0.29) is 18.5 Å². The van der Waals surface area contributed by atoms with E-state index < -0.39 is 0 Å². The molecule has 2 heterocycles. The maximum atomic E-state index is 13.8. The van der Waals surface area contributed by atoms with Gasteiger partial charge in [0.2, 0.25) is 6.79 Å². The van der Waals surface area contributed by atoms with E-state index in [0.717, 1.165) is 44.5 Å². The quantitative estimate of drug-likeness (QED) is 0.831. The predicted octanol–water partition coefficient (Wildman–Crippen LogP) is 3.24. The molecule has 4 rings (SSSR count). The van der Waals surface area contributed by atoms with Crippen LogP contribution in [0.4, 0.5) is 4.39 Å². The van der Waals surface area contributed by atoms with Gasteiger partial charge in [-0.3, -0.25) is 4.79 Å². The number of fused-ring (bicyclic) bond motifs is 1. The lowest BCUT2D eigenvalue weighted by Crippen LogP contribution is -2.40. The van der Waals surface area contributed by atoms with Crippen LogP contribution in [-0.4, -0.2) is 43.8 Å². The second-order valence-corrected chi connectivity index (χ2v) is 7.40. The molecule has 148 valence electrons. The molecule has 2 aromatic carbocycles. The van der Waals surface area contributed by atoms with Crippen LogP contribution in [0, 0.1) is 11.7 Å². The van der Waals surface area contributed by atoms with Gasteiger partial charge in [0.05, 0.1) is 0 Å². The number of halogens is 1. The summed E-state index contributed by atoms with van der Waals surface area (Å²) in [5, 5.41) is 2.97. The third-order valence-electron chi connectivity index (χ3n) is 5.52. The second kappa shape index (κ2) is 8.61. The van der Waals surface area contributed by atoms with Crippen molar-refractivity contribution < 1.29 is 18.7 Å². The van der Waals surface area contributed by atoms with Crippen LogP contribution in [0.15, 0.2) is 42.5 Å². The van der Waals surface area contributed by atoms with Crippen LogP contribution in [0.5, 0.6) is 11.5 Å². The summed E-state index contributed by atoms with van der Waals surface area (Å²) in [5.41, 5.74) is 1.39. The van der Waals surface area contributed by atoms with Gasteiger partial charge in [0.25, 0.3) is 5.91 Å². The number of benzene rings is 2. The zero-order chi connectivity index (χ0) is 19.3. The van der Waals surface area contributed by atoms with Crippen LogP contribution in [0.25, 0.3) is 0 Å². The number of rotatable bonds is 6. The molecular formula is C22H25FN2O3. The predicted molar refractivity (Wildman–Crippen MR) is 104 cm³/mol. The smallest absolute Gasteiger partial charge is 0.251 e. The lowest BCUT2D eigenvalue weighted by atomic mass is 9.90. The summed E-state index contributed by atoms with van der Waals surface area (Å²) in [6.45, 7) is 3.60. The van der Waals surface area contributed by atoms with E-state index in [1.807, 2.05) is 12.1 Å². The molecule has 0 bridgehead atoms. The van der Waals surface area contributed by atoms with Gasteiger partial charge < -0.3 is 19.7 Å². The molecule has 0 radical (unpaired) electrons. The Labute approximate surface area is 164 Å². The molecule has 5 nitrogen and oxygen atoms in total. The highest BCUT2D eigenvalue weighted by Gasteiger charge is 2.21. The highest BCUT2D eigenvalue weighted by Crippen LogP contribution is 2.32. The molecule has 0 aliphatic carbocycles. The van der Waals surface area contributed by atoms with Crippen molar-refractivity contribution in [2.75, 3.05) is 33.0 Å². The summed E-state index contributed by atoms with van der Waals surface area (Å²) in [5.74, 6) is 1.61. The number of nitrogens with zero attached hydrogens (tertiary/aromatic N) is 1. The molecule has 6 heteroatoms. The Balaban J connectivity index is 1.18. The van der Waals surface area contributed by atoms with Crippen molar-refractivity contribution in [3.05, 3.63) is 59.4 Å². The monoisotopic (exact) mass is 384 g/mol. The van der Waals surface area contributed by atoms with Crippen molar-refractivity contribution in [3.63, 3.8) is 0 Å². The van der Waals surface area contributed by atoms with Gasteiger partial charge in [-0.2, -0.15) is 0 Å². The molecule has 28 heavy (non-hydrogen) atoms. The van der Waals surface area contributed by atoms with Crippen molar-refractivity contribution >= 4 is 5.91 Å². The van der Waals surface area contributed by atoms with E-state index in [1.54, 1.807) is 24.3 Å². The van der Waals surface area contributed by atoms with Gasteiger partial charge in [0.1, 0.15) is 5.82 Å². The van der Waals surface area contributed by atoms with E-state index in [0.29, 0.717) is 29.5 Å². The highest BCUT2D eigenvalue weighted by atomic mass is 19.1. The first-order chi connectivity index (χ1) is 13.7. The van der Waals surface area contributed by atoms with E-state index in [1.165, 1.54) is 6.07 Å². The minimum Gasteiger partial charge on any atom is -0.454 e. The van der Waals surface area contributed by atoms with Gasteiger partial charge in [-0.25, -0.2) is 4.39 Å². The lowest BCUT2D eigenvalue weighted by Gasteiger charge is -2.32. The van der Waals surface area contributed by atoms with Crippen molar-refractivity contribution in [3.8, 4) is 11.5 Å². The number of piperidine rings is 1. The second-order valence-electron chi connectivity index (χ2n) is 7.40. The summed E-state index contributed by atoms with van der Waals surface area (Å²) in [4.78, 5) is 14.7. The minimum absolute atomic E-state index is 0.101. The first kappa shape index (κ1) is 18.7. The first-order valence-corrected chi connectivity index (χ1v) is 9.82. The average molecular weight is 384 g/mol. The van der Waals surface area contributed by atoms with Crippen LogP contribution in [0.1, 0.15) is 28.8 Å². The molecule has 2 aromatic rings. The van der Waals surface area contributed by atoms with Gasteiger partial charge in [-0.15, -0.1) is 0 Å². The van der Waals surface area contributed by atoms with Crippen LogP contribution >= 0.6 is 0 Å². The van der Waals surface area contributed by atoms with Gasteiger partial charge in [0, 0.05) is 18.7 Å². The maximum Gasteiger partial charge on any atom is 0.251 e. The summed E-state index contributed by atoms with van der Waals surface area (Å²) in [6, 6.07) is 12.3. The third-order valence-corrected chi connectivity index (χ3v) is 5.52. The van der Waals surface area contributed by atoms with E-state index >= 15 is 0 Å². The maximum absolute atomic E-state index is 13.8. The fourth-order valence-electron chi connectivity index (χ4n) is 3.86. The van der Waals surface area contributed by atoms with Crippen LogP contribution in [0.3, 0.4) is 0 Å². The van der Waals surface area contributed by atoms with E-state index in [2.05, 4.69) is 10.2 Å². The molecule has 0 saturated carbocycles. The summed E-state index contributed by atoms with van der Waals surface area (Å²) in [6.07, 6.45) is 2.93. The Bertz CT molecular complexity index is 834. The minimum atomic E-state index is -0.104. The topological polar surface area (TPSA) is 50.8 Å². The largest absolute Gasteiger partial charge is 0.454 e. The average Bonchev–Trinajstić information content (AvgIpc) is 3.19. The number of amides is 1. The number of carbonyl (C=O) groups excluding carboxylic acids is 1. The van der Waals surface area contributed by atoms with Crippen LogP contribution in [-0.2, 0) is 6.42 Å². The van der Waals surface area contributed by atoms with Gasteiger partial charge in [0.15, 0.2) is 11.5 Å².